The number of halogens is 2. The van der Waals surface area contributed by atoms with Crippen molar-refractivity contribution in [2.75, 3.05) is 18.5 Å². The minimum atomic E-state index is -0.332. The van der Waals surface area contributed by atoms with E-state index in [0.29, 0.717) is 28.9 Å². The Kier molecular flexibility index (Phi) is 3.89. The predicted molar refractivity (Wildman–Crippen MR) is 67.4 cm³/mol. The van der Waals surface area contributed by atoms with E-state index in [1.54, 1.807) is 18.2 Å². The maximum Gasteiger partial charge on any atom is 0.231 e. The highest BCUT2D eigenvalue weighted by molar-refractivity contribution is 6.36. The van der Waals surface area contributed by atoms with Crippen LogP contribution in [-0.4, -0.2) is 25.2 Å². The van der Waals surface area contributed by atoms with Gasteiger partial charge in [0.15, 0.2) is 0 Å². The zero-order valence-electron chi connectivity index (χ0n) is 8.95. The van der Waals surface area contributed by atoms with Crippen LogP contribution >= 0.6 is 23.2 Å². The van der Waals surface area contributed by atoms with Crippen LogP contribution in [0.1, 0.15) is 0 Å². The highest BCUT2D eigenvalue weighted by Crippen LogP contribution is 2.26. The monoisotopic (exact) mass is 274 g/mol. The molecule has 6 heteroatoms. The topological polar surface area (TPSA) is 64.3 Å². The second-order valence-electron chi connectivity index (χ2n) is 3.92. The van der Waals surface area contributed by atoms with E-state index >= 15 is 0 Å². The van der Waals surface area contributed by atoms with Crippen LogP contribution in [0.5, 0.6) is 0 Å². The Morgan fingerprint density at radius 2 is 2.18 bits per heavy atom. The molecule has 1 fully saturated rings. The number of hydrogen-bond donors (Lipinski definition) is 2. The summed E-state index contributed by atoms with van der Waals surface area (Å²) in [5.41, 5.74) is 6.28. The Morgan fingerprint density at radius 1 is 1.41 bits per heavy atom. The number of nitrogens with one attached hydrogen (secondary N) is 1. The second kappa shape index (κ2) is 5.23. The number of anilines is 1. The molecular formula is C11H12Cl2N2O2. The second-order valence-corrected chi connectivity index (χ2v) is 4.76. The van der Waals surface area contributed by atoms with Crippen molar-refractivity contribution in [2.24, 2.45) is 11.7 Å². The molecule has 1 heterocycles. The fourth-order valence-electron chi connectivity index (χ4n) is 1.66. The normalized spacial score (nSPS) is 23.7. The summed E-state index contributed by atoms with van der Waals surface area (Å²) in [6.07, 6.45) is 0. The Labute approximate surface area is 109 Å². The van der Waals surface area contributed by atoms with Crippen LogP contribution in [0.3, 0.4) is 0 Å². The first-order valence-electron chi connectivity index (χ1n) is 5.17. The SMILES string of the molecule is NC1COCC1C(=O)Nc1ccc(Cl)cc1Cl. The van der Waals surface area contributed by atoms with E-state index < -0.39 is 0 Å². The molecule has 2 unspecified atom stereocenters. The van der Waals surface area contributed by atoms with Gasteiger partial charge >= 0.3 is 0 Å². The van der Waals surface area contributed by atoms with Gasteiger partial charge < -0.3 is 15.8 Å². The van der Waals surface area contributed by atoms with Crippen molar-refractivity contribution in [1.29, 1.82) is 0 Å². The fraction of sp³-hybridized carbons (Fsp3) is 0.364. The molecule has 92 valence electrons. The van der Waals surface area contributed by atoms with Crippen molar-refractivity contribution >= 4 is 34.8 Å². The van der Waals surface area contributed by atoms with Gasteiger partial charge in [-0.05, 0) is 18.2 Å². The molecule has 1 amide bonds. The van der Waals surface area contributed by atoms with Crippen molar-refractivity contribution in [1.82, 2.24) is 0 Å². The van der Waals surface area contributed by atoms with E-state index in [1.807, 2.05) is 0 Å². The summed E-state index contributed by atoms with van der Waals surface area (Å²) in [4.78, 5) is 11.9. The molecule has 1 aromatic rings. The Balaban J connectivity index is 2.07. The molecule has 0 spiro atoms. The third-order valence-electron chi connectivity index (χ3n) is 2.65. The van der Waals surface area contributed by atoms with Crippen LogP contribution in [0.4, 0.5) is 5.69 Å². The third-order valence-corrected chi connectivity index (χ3v) is 3.20. The first kappa shape index (κ1) is 12.6. The average molecular weight is 275 g/mol. The van der Waals surface area contributed by atoms with E-state index in [2.05, 4.69) is 5.32 Å². The van der Waals surface area contributed by atoms with Gasteiger partial charge in [-0.2, -0.15) is 0 Å². The van der Waals surface area contributed by atoms with E-state index in [4.69, 9.17) is 33.7 Å². The highest BCUT2D eigenvalue weighted by Gasteiger charge is 2.31. The Morgan fingerprint density at radius 3 is 2.76 bits per heavy atom. The molecular weight excluding hydrogens is 263 g/mol. The van der Waals surface area contributed by atoms with E-state index in [-0.39, 0.29) is 17.9 Å². The van der Waals surface area contributed by atoms with E-state index in [1.165, 1.54) is 0 Å². The molecule has 2 rings (SSSR count). The minimum Gasteiger partial charge on any atom is -0.379 e. The van der Waals surface area contributed by atoms with Crippen molar-refractivity contribution in [2.45, 2.75) is 6.04 Å². The van der Waals surface area contributed by atoms with Crippen LogP contribution < -0.4 is 11.1 Å². The lowest BCUT2D eigenvalue weighted by molar-refractivity contribution is -0.120. The molecule has 1 aliphatic heterocycles. The molecule has 0 aliphatic carbocycles. The van der Waals surface area contributed by atoms with Crippen molar-refractivity contribution < 1.29 is 9.53 Å². The van der Waals surface area contributed by atoms with Crippen molar-refractivity contribution in [3.05, 3.63) is 28.2 Å². The van der Waals surface area contributed by atoms with E-state index in [9.17, 15) is 4.79 Å². The standard InChI is InChI=1S/C11H12Cl2N2O2/c12-6-1-2-10(8(13)3-6)15-11(16)7-4-17-5-9(7)14/h1-3,7,9H,4-5,14H2,(H,15,16). The molecule has 1 saturated heterocycles. The summed E-state index contributed by atoms with van der Waals surface area (Å²) in [6, 6.07) is 4.63. The number of benzene rings is 1. The molecule has 0 bridgehead atoms. The summed E-state index contributed by atoms with van der Waals surface area (Å²) < 4.78 is 5.14. The van der Waals surface area contributed by atoms with Gasteiger partial charge in [-0.15, -0.1) is 0 Å². The zero-order valence-corrected chi connectivity index (χ0v) is 10.5. The van der Waals surface area contributed by atoms with Gasteiger partial charge in [0.2, 0.25) is 5.91 Å². The molecule has 0 saturated carbocycles. The van der Waals surface area contributed by atoms with Crippen LogP contribution in [-0.2, 0) is 9.53 Å². The lowest BCUT2D eigenvalue weighted by Gasteiger charge is -2.14. The number of rotatable bonds is 2. The maximum absolute atomic E-state index is 11.9. The number of nitrogens with two attached hydrogens (primary N) is 1. The van der Waals surface area contributed by atoms with Gasteiger partial charge in [-0.3, -0.25) is 4.79 Å². The molecule has 3 N–H and O–H groups in total. The van der Waals surface area contributed by atoms with Crippen molar-refractivity contribution in [3.8, 4) is 0 Å². The molecule has 17 heavy (non-hydrogen) atoms. The van der Waals surface area contributed by atoms with Gasteiger partial charge in [-0.25, -0.2) is 0 Å². The quantitative estimate of drug-likeness (QED) is 0.866. The lowest BCUT2D eigenvalue weighted by Crippen LogP contribution is -2.37. The summed E-state index contributed by atoms with van der Waals surface area (Å²) in [5.74, 6) is -0.513. The van der Waals surface area contributed by atoms with E-state index in [0.717, 1.165) is 0 Å². The fourth-order valence-corrected chi connectivity index (χ4v) is 2.11. The molecule has 0 radical (unpaired) electrons. The molecule has 2 atom stereocenters. The van der Waals surface area contributed by atoms with Gasteiger partial charge in [0.1, 0.15) is 0 Å². The summed E-state index contributed by atoms with van der Waals surface area (Å²) in [7, 11) is 0. The largest absolute Gasteiger partial charge is 0.379 e. The van der Waals surface area contributed by atoms with Crippen LogP contribution in [0.2, 0.25) is 10.0 Å². The van der Waals surface area contributed by atoms with Gasteiger partial charge in [0.05, 0.1) is 29.8 Å². The van der Waals surface area contributed by atoms with Crippen LogP contribution in [0.15, 0.2) is 18.2 Å². The summed E-state index contributed by atoms with van der Waals surface area (Å²) >= 11 is 11.7. The molecule has 1 aliphatic rings. The first-order chi connectivity index (χ1) is 8.08. The predicted octanol–water partition coefficient (Wildman–Crippen LogP) is 1.91. The smallest absolute Gasteiger partial charge is 0.231 e. The third kappa shape index (κ3) is 2.90. The average Bonchev–Trinajstić information content (AvgIpc) is 2.68. The van der Waals surface area contributed by atoms with Gasteiger partial charge in [0, 0.05) is 11.1 Å². The number of carbonyl (C=O) groups excluding carboxylic acids is 1. The molecule has 4 nitrogen and oxygen atoms in total. The number of hydrogen-bond acceptors (Lipinski definition) is 3. The van der Waals surface area contributed by atoms with Gasteiger partial charge in [-0.1, -0.05) is 23.2 Å². The Hall–Kier alpha value is -0.810. The van der Waals surface area contributed by atoms with Crippen LogP contribution in [0, 0.1) is 5.92 Å². The summed E-state index contributed by atoms with van der Waals surface area (Å²) in [6.45, 7) is 0.755. The number of carbonyl (C=O) groups is 1. The number of amides is 1. The van der Waals surface area contributed by atoms with Gasteiger partial charge in [0.25, 0.3) is 0 Å². The number of ether oxygens (including phenoxy) is 1. The molecule has 1 aromatic carbocycles. The van der Waals surface area contributed by atoms with Crippen molar-refractivity contribution in [3.63, 3.8) is 0 Å². The zero-order chi connectivity index (χ0) is 12.4. The molecule has 0 aromatic heterocycles. The highest BCUT2D eigenvalue weighted by atomic mass is 35.5. The lowest BCUT2D eigenvalue weighted by atomic mass is 10.0. The first-order valence-corrected chi connectivity index (χ1v) is 5.93. The summed E-state index contributed by atoms with van der Waals surface area (Å²) in [5, 5.41) is 3.64. The van der Waals surface area contributed by atoms with Crippen LogP contribution in [0.25, 0.3) is 0 Å². The minimum absolute atomic E-state index is 0.181. The Bertz CT molecular complexity index is 439. The maximum atomic E-state index is 11.9.